The standard InChI is InChI=1S/C18H14O5/c19-15-7-3-1-5-13(15)9-11-17(21)23-18(22)12-10-14-6-2-4-8-16(14)20/h1-12,19-20H. The second-order valence-electron chi connectivity index (χ2n) is 4.52. The smallest absolute Gasteiger partial charge is 0.338 e. The Kier molecular flexibility index (Phi) is 5.30. The lowest BCUT2D eigenvalue weighted by Gasteiger charge is -1.98. The highest BCUT2D eigenvalue weighted by Gasteiger charge is 2.05. The number of rotatable bonds is 4. The highest BCUT2D eigenvalue weighted by molar-refractivity contribution is 6.00. The van der Waals surface area contributed by atoms with Gasteiger partial charge >= 0.3 is 11.9 Å². The molecule has 2 rings (SSSR count). The summed E-state index contributed by atoms with van der Waals surface area (Å²) >= 11 is 0. The Labute approximate surface area is 132 Å². The van der Waals surface area contributed by atoms with Gasteiger partial charge in [0.1, 0.15) is 11.5 Å². The van der Waals surface area contributed by atoms with Gasteiger partial charge in [0.25, 0.3) is 0 Å². The van der Waals surface area contributed by atoms with E-state index in [2.05, 4.69) is 4.74 Å². The van der Waals surface area contributed by atoms with Crippen LogP contribution in [0, 0.1) is 0 Å². The van der Waals surface area contributed by atoms with E-state index in [1.807, 2.05) is 0 Å². The number of esters is 2. The Balaban J connectivity index is 1.94. The van der Waals surface area contributed by atoms with Crippen LogP contribution < -0.4 is 0 Å². The van der Waals surface area contributed by atoms with Crippen LogP contribution in [0.25, 0.3) is 12.2 Å². The van der Waals surface area contributed by atoms with E-state index >= 15 is 0 Å². The Morgan fingerprint density at radius 1 is 0.739 bits per heavy atom. The van der Waals surface area contributed by atoms with Gasteiger partial charge in [0.05, 0.1) is 0 Å². The van der Waals surface area contributed by atoms with Crippen LogP contribution in [-0.2, 0) is 14.3 Å². The number of phenolic OH excluding ortho intramolecular Hbond substituents is 2. The van der Waals surface area contributed by atoms with Crippen LogP contribution in [0.3, 0.4) is 0 Å². The largest absolute Gasteiger partial charge is 0.507 e. The lowest BCUT2D eigenvalue weighted by Crippen LogP contribution is -2.06. The van der Waals surface area contributed by atoms with Gasteiger partial charge in [-0.25, -0.2) is 9.59 Å². The van der Waals surface area contributed by atoms with Gasteiger partial charge in [0.15, 0.2) is 0 Å². The molecule has 23 heavy (non-hydrogen) atoms. The van der Waals surface area contributed by atoms with E-state index in [-0.39, 0.29) is 11.5 Å². The van der Waals surface area contributed by atoms with Gasteiger partial charge in [-0.1, -0.05) is 36.4 Å². The van der Waals surface area contributed by atoms with Gasteiger partial charge in [-0.05, 0) is 24.3 Å². The summed E-state index contributed by atoms with van der Waals surface area (Å²) in [5.41, 5.74) is 0.864. The van der Waals surface area contributed by atoms with Crippen LogP contribution in [0.5, 0.6) is 11.5 Å². The molecule has 0 unspecified atom stereocenters. The monoisotopic (exact) mass is 310 g/mol. The average molecular weight is 310 g/mol. The van der Waals surface area contributed by atoms with Crippen LogP contribution in [0.4, 0.5) is 0 Å². The summed E-state index contributed by atoms with van der Waals surface area (Å²) in [6.45, 7) is 0. The zero-order valence-electron chi connectivity index (χ0n) is 12.0. The van der Waals surface area contributed by atoms with Crippen LogP contribution in [0.15, 0.2) is 60.7 Å². The molecule has 5 heteroatoms. The molecule has 0 spiro atoms. The van der Waals surface area contributed by atoms with Crippen molar-refractivity contribution in [3.05, 3.63) is 71.8 Å². The van der Waals surface area contributed by atoms with Crippen molar-refractivity contribution >= 4 is 24.1 Å². The molecular formula is C18H14O5. The first-order valence-corrected chi connectivity index (χ1v) is 6.74. The normalized spacial score (nSPS) is 11.0. The predicted molar refractivity (Wildman–Crippen MR) is 85.4 cm³/mol. The first-order chi connectivity index (χ1) is 11.1. The zero-order valence-corrected chi connectivity index (χ0v) is 12.0. The average Bonchev–Trinajstić information content (AvgIpc) is 2.53. The predicted octanol–water partition coefficient (Wildman–Crippen LogP) is 2.89. The number of hydrogen-bond acceptors (Lipinski definition) is 5. The van der Waals surface area contributed by atoms with Crippen molar-refractivity contribution in [1.29, 1.82) is 0 Å². The number of phenols is 2. The van der Waals surface area contributed by atoms with Gasteiger partial charge < -0.3 is 14.9 Å². The lowest BCUT2D eigenvalue weighted by atomic mass is 10.2. The van der Waals surface area contributed by atoms with Crippen LogP contribution >= 0.6 is 0 Å². The number of benzene rings is 2. The fraction of sp³-hybridized carbons (Fsp3) is 0. The summed E-state index contributed by atoms with van der Waals surface area (Å²) in [6.07, 6.45) is 4.77. The molecule has 2 aromatic carbocycles. The summed E-state index contributed by atoms with van der Waals surface area (Å²) in [5, 5.41) is 19.1. The molecule has 0 saturated carbocycles. The molecule has 116 valence electrons. The van der Waals surface area contributed by atoms with Crippen molar-refractivity contribution in [2.75, 3.05) is 0 Å². The maximum atomic E-state index is 11.5. The fourth-order valence-electron chi connectivity index (χ4n) is 1.74. The summed E-state index contributed by atoms with van der Waals surface area (Å²) in [7, 11) is 0. The molecule has 2 N–H and O–H groups in total. The van der Waals surface area contributed by atoms with Gasteiger partial charge in [-0.2, -0.15) is 0 Å². The molecule has 5 nitrogen and oxygen atoms in total. The van der Waals surface area contributed by atoms with Gasteiger partial charge in [-0.15, -0.1) is 0 Å². The van der Waals surface area contributed by atoms with Crippen LogP contribution in [0.1, 0.15) is 11.1 Å². The van der Waals surface area contributed by atoms with Gasteiger partial charge in [0.2, 0.25) is 0 Å². The molecule has 0 bridgehead atoms. The Morgan fingerprint density at radius 3 is 1.52 bits per heavy atom. The molecule has 0 aliphatic heterocycles. The second-order valence-corrected chi connectivity index (χ2v) is 4.52. The number of ether oxygens (including phenoxy) is 1. The minimum absolute atomic E-state index is 0.0160. The van der Waals surface area contributed by atoms with E-state index in [1.165, 1.54) is 24.3 Å². The van der Waals surface area contributed by atoms with E-state index < -0.39 is 11.9 Å². The zero-order chi connectivity index (χ0) is 16.7. The summed E-state index contributed by atoms with van der Waals surface area (Å²) < 4.78 is 4.56. The van der Waals surface area contributed by atoms with Gasteiger partial charge in [-0.3, -0.25) is 0 Å². The molecule has 0 radical (unpaired) electrons. The van der Waals surface area contributed by atoms with Crippen LogP contribution in [0.2, 0.25) is 0 Å². The highest BCUT2D eigenvalue weighted by Crippen LogP contribution is 2.18. The summed E-state index contributed by atoms with van der Waals surface area (Å²) in [6, 6.07) is 12.9. The Morgan fingerprint density at radius 2 is 1.13 bits per heavy atom. The maximum Gasteiger partial charge on any atom is 0.338 e. The summed E-state index contributed by atoms with van der Waals surface area (Å²) in [4.78, 5) is 23.0. The minimum Gasteiger partial charge on any atom is -0.507 e. The van der Waals surface area contributed by atoms with Crippen LogP contribution in [-0.4, -0.2) is 22.2 Å². The number of carbonyl (C=O) groups excluding carboxylic acids is 2. The molecule has 0 fully saturated rings. The number of para-hydroxylation sites is 2. The highest BCUT2D eigenvalue weighted by atomic mass is 16.6. The Hall–Kier alpha value is -3.34. The maximum absolute atomic E-state index is 11.5. The van der Waals surface area contributed by atoms with E-state index in [0.29, 0.717) is 11.1 Å². The fourth-order valence-corrected chi connectivity index (χ4v) is 1.74. The van der Waals surface area contributed by atoms with E-state index in [1.54, 1.807) is 36.4 Å². The SMILES string of the molecule is O=C(C=Cc1ccccc1O)OC(=O)C=Cc1ccccc1O. The van der Waals surface area contributed by atoms with Crippen molar-refractivity contribution in [2.24, 2.45) is 0 Å². The summed E-state index contributed by atoms with van der Waals surface area (Å²) in [5.74, 6) is -1.69. The van der Waals surface area contributed by atoms with Crippen molar-refractivity contribution in [1.82, 2.24) is 0 Å². The first kappa shape index (κ1) is 16.0. The molecule has 2 aromatic rings. The topological polar surface area (TPSA) is 83.8 Å². The van der Waals surface area contributed by atoms with Crippen molar-refractivity contribution in [2.45, 2.75) is 0 Å². The molecule has 0 atom stereocenters. The van der Waals surface area contributed by atoms with E-state index in [4.69, 9.17) is 0 Å². The third-order valence-electron chi connectivity index (χ3n) is 2.87. The molecular weight excluding hydrogens is 296 g/mol. The minimum atomic E-state index is -0.861. The second kappa shape index (κ2) is 7.61. The quantitative estimate of drug-likeness (QED) is 0.515. The van der Waals surface area contributed by atoms with Crippen molar-refractivity contribution in [3.8, 4) is 11.5 Å². The van der Waals surface area contributed by atoms with Gasteiger partial charge in [0, 0.05) is 23.3 Å². The molecule has 0 heterocycles. The Bertz CT molecular complexity index is 709. The van der Waals surface area contributed by atoms with Crippen molar-refractivity contribution in [3.63, 3.8) is 0 Å². The molecule has 0 aliphatic rings. The van der Waals surface area contributed by atoms with Crippen molar-refractivity contribution < 1.29 is 24.5 Å². The first-order valence-electron chi connectivity index (χ1n) is 6.74. The third-order valence-corrected chi connectivity index (χ3v) is 2.87. The molecule has 0 aliphatic carbocycles. The third kappa shape index (κ3) is 4.86. The van der Waals surface area contributed by atoms with E-state index in [0.717, 1.165) is 12.2 Å². The number of hydrogen-bond donors (Lipinski definition) is 2. The molecule has 0 saturated heterocycles. The molecule has 0 amide bonds. The lowest BCUT2D eigenvalue weighted by molar-refractivity contribution is -0.152. The van der Waals surface area contributed by atoms with E-state index in [9.17, 15) is 19.8 Å². The number of carbonyl (C=O) groups is 2. The molecule has 0 aromatic heterocycles. The number of aromatic hydroxyl groups is 2.